The van der Waals surface area contributed by atoms with Crippen molar-refractivity contribution in [2.24, 2.45) is 5.73 Å². The number of amides is 2. The third-order valence-electron chi connectivity index (χ3n) is 3.48. The molecule has 0 fully saturated rings. The van der Waals surface area contributed by atoms with Crippen LogP contribution in [0.5, 0.6) is 0 Å². The second kappa shape index (κ2) is 9.11. The number of carboxylic acids is 1. The number of aliphatic hydroxyl groups is 2. The lowest BCUT2D eigenvalue weighted by molar-refractivity contribution is -0.143. The topological polar surface area (TPSA) is 191 Å². The van der Waals surface area contributed by atoms with E-state index in [1.807, 2.05) is 0 Å². The molecule has 1 heterocycles. The minimum Gasteiger partial charge on any atom is -0.480 e. The van der Waals surface area contributed by atoms with Crippen molar-refractivity contribution >= 4 is 17.8 Å². The van der Waals surface area contributed by atoms with E-state index in [2.05, 4.69) is 20.6 Å². The minimum atomic E-state index is -1.43. The quantitative estimate of drug-likeness (QED) is 0.245. The zero-order chi connectivity index (χ0) is 19.1. The van der Waals surface area contributed by atoms with E-state index < -0.39 is 48.1 Å². The third kappa shape index (κ3) is 6.14. The lowest BCUT2D eigenvalue weighted by atomic mass is 10.1. The van der Waals surface area contributed by atoms with Crippen LogP contribution in [0.1, 0.15) is 19.5 Å². The SMILES string of the molecule is CC(O)C(N)C(=O)NC(C(=O)NC(Cc1cnc[nH]1)C(=O)O)C(C)O. The highest BCUT2D eigenvalue weighted by Gasteiger charge is 2.32. The molecule has 0 radical (unpaired) electrons. The lowest BCUT2D eigenvalue weighted by Crippen LogP contribution is -2.59. The molecule has 1 aromatic rings. The number of aromatic amines is 1. The predicted octanol–water partition coefficient (Wildman–Crippen LogP) is -2.90. The largest absolute Gasteiger partial charge is 0.480 e. The zero-order valence-corrected chi connectivity index (χ0v) is 13.8. The Bertz CT molecular complexity index is 589. The molecule has 11 heteroatoms. The lowest BCUT2D eigenvalue weighted by Gasteiger charge is -2.25. The van der Waals surface area contributed by atoms with Crippen molar-refractivity contribution in [2.75, 3.05) is 0 Å². The van der Waals surface area contributed by atoms with Crippen LogP contribution < -0.4 is 16.4 Å². The van der Waals surface area contributed by atoms with Crippen molar-refractivity contribution in [3.05, 3.63) is 18.2 Å². The number of carboxylic acid groups (broad SMARTS) is 1. The number of hydrogen-bond acceptors (Lipinski definition) is 7. The molecule has 0 bridgehead atoms. The summed E-state index contributed by atoms with van der Waals surface area (Å²) in [6.07, 6.45) is 0.246. The molecule has 0 saturated carbocycles. The molecule has 25 heavy (non-hydrogen) atoms. The first-order valence-electron chi connectivity index (χ1n) is 7.56. The first-order valence-corrected chi connectivity index (χ1v) is 7.56. The summed E-state index contributed by atoms with van der Waals surface area (Å²) < 4.78 is 0. The van der Waals surface area contributed by atoms with Crippen molar-refractivity contribution in [1.29, 1.82) is 0 Å². The van der Waals surface area contributed by atoms with Crippen LogP contribution in [0.2, 0.25) is 0 Å². The Morgan fingerprint density at radius 3 is 2.28 bits per heavy atom. The maximum Gasteiger partial charge on any atom is 0.326 e. The molecule has 5 atom stereocenters. The average Bonchev–Trinajstić information content (AvgIpc) is 3.03. The van der Waals surface area contributed by atoms with Gasteiger partial charge in [0.05, 0.1) is 18.5 Å². The van der Waals surface area contributed by atoms with Crippen molar-refractivity contribution in [3.63, 3.8) is 0 Å². The standard InChI is InChI=1S/C14H23N5O6/c1-6(20)10(15)12(22)19-11(7(2)21)13(23)18-9(14(24)25)3-8-4-16-5-17-8/h4-7,9-11,20-21H,3,15H2,1-2H3,(H,16,17)(H,18,23)(H,19,22)(H,24,25). The molecule has 5 unspecified atom stereocenters. The molecule has 0 aliphatic carbocycles. The number of rotatable bonds is 9. The summed E-state index contributed by atoms with van der Waals surface area (Å²) in [6, 6.07) is -4.02. The van der Waals surface area contributed by atoms with E-state index in [0.29, 0.717) is 5.69 Å². The zero-order valence-electron chi connectivity index (χ0n) is 13.8. The van der Waals surface area contributed by atoms with E-state index in [0.717, 1.165) is 0 Å². The number of aromatic nitrogens is 2. The Morgan fingerprint density at radius 2 is 1.84 bits per heavy atom. The van der Waals surface area contributed by atoms with Gasteiger partial charge in [0.15, 0.2) is 0 Å². The number of aliphatic carboxylic acids is 1. The first kappa shape index (κ1) is 20.5. The molecule has 1 aromatic heterocycles. The fourth-order valence-electron chi connectivity index (χ4n) is 1.95. The summed E-state index contributed by atoms with van der Waals surface area (Å²) in [5.41, 5.74) is 5.96. The highest BCUT2D eigenvalue weighted by atomic mass is 16.4. The highest BCUT2D eigenvalue weighted by Crippen LogP contribution is 2.02. The van der Waals surface area contributed by atoms with E-state index in [-0.39, 0.29) is 6.42 Å². The maximum atomic E-state index is 12.3. The molecule has 11 nitrogen and oxygen atoms in total. The smallest absolute Gasteiger partial charge is 0.326 e. The van der Waals surface area contributed by atoms with E-state index in [1.165, 1.54) is 26.4 Å². The number of nitrogens with zero attached hydrogens (tertiary/aromatic N) is 1. The molecule has 140 valence electrons. The second-order valence-corrected chi connectivity index (χ2v) is 5.67. The van der Waals surface area contributed by atoms with Crippen LogP contribution in [-0.2, 0) is 20.8 Å². The number of nitrogens with one attached hydrogen (secondary N) is 3. The number of aliphatic hydroxyl groups excluding tert-OH is 2. The monoisotopic (exact) mass is 357 g/mol. The Balaban J connectivity index is 2.79. The van der Waals surface area contributed by atoms with Crippen LogP contribution in [-0.4, -0.2) is 73.4 Å². The van der Waals surface area contributed by atoms with Gasteiger partial charge >= 0.3 is 5.97 Å². The minimum absolute atomic E-state index is 0.0608. The van der Waals surface area contributed by atoms with Crippen molar-refractivity contribution in [3.8, 4) is 0 Å². The number of hydrogen-bond donors (Lipinski definition) is 7. The summed E-state index contributed by atoms with van der Waals surface area (Å²) >= 11 is 0. The Morgan fingerprint density at radius 1 is 1.20 bits per heavy atom. The van der Waals surface area contributed by atoms with E-state index >= 15 is 0 Å². The molecular formula is C14H23N5O6. The van der Waals surface area contributed by atoms with Gasteiger partial charge in [-0.05, 0) is 13.8 Å². The van der Waals surface area contributed by atoms with Gasteiger partial charge in [0.25, 0.3) is 0 Å². The van der Waals surface area contributed by atoms with Crippen LogP contribution in [0.4, 0.5) is 0 Å². The summed E-state index contributed by atoms with van der Waals surface area (Å²) in [4.78, 5) is 41.9. The molecular weight excluding hydrogens is 334 g/mol. The normalized spacial score (nSPS) is 17.0. The van der Waals surface area contributed by atoms with Crippen molar-refractivity contribution < 1.29 is 29.7 Å². The van der Waals surface area contributed by atoms with Gasteiger partial charge in [0, 0.05) is 18.3 Å². The number of nitrogens with two attached hydrogens (primary N) is 1. The van der Waals surface area contributed by atoms with Crippen LogP contribution >= 0.6 is 0 Å². The number of carbonyl (C=O) groups excluding carboxylic acids is 2. The number of carbonyl (C=O) groups is 3. The summed E-state index contributed by atoms with van der Waals surface area (Å²) in [5, 5.41) is 32.7. The fourth-order valence-corrected chi connectivity index (χ4v) is 1.95. The van der Waals surface area contributed by atoms with Gasteiger partial charge in [-0.15, -0.1) is 0 Å². The van der Waals surface area contributed by atoms with Gasteiger partial charge in [-0.3, -0.25) is 9.59 Å². The molecule has 2 amide bonds. The van der Waals surface area contributed by atoms with E-state index in [9.17, 15) is 29.7 Å². The summed E-state index contributed by atoms with van der Waals surface area (Å²) in [5.74, 6) is -3.04. The van der Waals surface area contributed by atoms with Gasteiger partial charge in [-0.25, -0.2) is 9.78 Å². The molecule has 1 rings (SSSR count). The molecule has 0 aliphatic rings. The highest BCUT2D eigenvalue weighted by molar-refractivity contribution is 5.92. The van der Waals surface area contributed by atoms with Crippen LogP contribution in [0.3, 0.4) is 0 Å². The molecule has 0 aromatic carbocycles. The maximum absolute atomic E-state index is 12.3. The Kier molecular flexibility index (Phi) is 7.48. The van der Waals surface area contributed by atoms with Crippen molar-refractivity contribution in [1.82, 2.24) is 20.6 Å². The summed E-state index contributed by atoms with van der Waals surface area (Å²) in [6.45, 7) is 2.55. The second-order valence-electron chi connectivity index (χ2n) is 5.67. The van der Waals surface area contributed by atoms with Crippen molar-refractivity contribution in [2.45, 2.75) is 50.6 Å². The van der Waals surface area contributed by atoms with Gasteiger partial charge in [-0.2, -0.15) is 0 Å². The van der Waals surface area contributed by atoms with Gasteiger partial charge in [0.1, 0.15) is 18.1 Å². The van der Waals surface area contributed by atoms with Gasteiger partial charge in [-0.1, -0.05) is 0 Å². The number of H-pyrrole nitrogens is 1. The van der Waals surface area contributed by atoms with Crippen LogP contribution in [0, 0.1) is 0 Å². The molecule has 0 spiro atoms. The van der Waals surface area contributed by atoms with Gasteiger partial charge in [0.2, 0.25) is 11.8 Å². The third-order valence-corrected chi connectivity index (χ3v) is 3.48. The predicted molar refractivity (Wildman–Crippen MR) is 85.1 cm³/mol. The van der Waals surface area contributed by atoms with Crippen LogP contribution in [0.15, 0.2) is 12.5 Å². The average molecular weight is 357 g/mol. The Hall–Kier alpha value is -2.50. The van der Waals surface area contributed by atoms with E-state index in [4.69, 9.17) is 5.73 Å². The molecule has 0 saturated heterocycles. The molecule has 0 aliphatic heterocycles. The fraction of sp³-hybridized carbons (Fsp3) is 0.571. The Labute approximate surface area is 143 Å². The summed E-state index contributed by atoms with van der Waals surface area (Å²) in [7, 11) is 0. The van der Waals surface area contributed by atoms with E-state index in [1.54, 1.807) is 0 Å². The molecule has 8 N–H and O–H groups in total. The van der Waals surface area contributed by atoms with Crippen LogP contribution in [0.25, 0.3) is 0 Å². The number of imidazole rings is 1. The first-order chi connectivity index (χ1) is 11.6. The van der Waals surface area contributed by atoms with Gasteiger partial charge < -0.3 is 36.7 Å².